The Morgan fingerprint density at radius 1 is 1.03 bits per heavy atom. The second-order valence-corrected chi connectivity index (χ2v) is 6.32. The van der Waals surface area contributed by atoms with Crippen molar-refractivity contribution in [3.63, 3.8) is 0 Å². The number of nitrogens with one attached hydrogen (secondary N) is 4. The summed E-state index contributed by atoms with van der Waals surface area (Å²) in [4.78, 5) is 54.2. The first-order chi connectivity index (χ1) is 13.7. The van der Waals surface area contributed by atoms with E-state index in [0.717, 1.165) is 0 Å². The number of H-pyrrole nitrogens is 1. The lowest BCUT2D eigenvalue weighted by Gasteiger charge is -2.23. The minimum atomic E-state index is -1.61. The van der Waals surface area contributed by atoms with E-state index >= 15 is 0 Å². The van der Waals surface area contributed by atoms with E-state index < -0.39 is 61.1 Å². The van der Waals surface area contributed by atoms with Crippen molar-refractivity contribution in [3.05, 3.63) is 18.2 Å². The average Bonchev–Trinajstić information content (AvgIpc) is 3.21. The molecule has 14 heteroatoms. The molecule has 3 amide bonds. The first kappa shape index (κ1) is 24.4. The van der Waals surface area contributed by atoms with Crippen LogP contribution in [0.4, 0.5) is 0 Å². The molecule has 0 spiro atoms. The third-order valence-corrected chi connectivity index (χ3v) is 4.15. The van der Waals surface area contributed by atoms with E-state index in [2.05, 4.69) is 33.2 Å². The molecule has 0 fully saturated rings. The quantitative estimate of drug-likeness (QED) is 0.146. The molecular formula is C15H24N6O7S. The standard InChI is InChI=1S/C15H24N6O7S/c16-8(5-29)12(24)19-9(1-7-2-17-6-18-7)13(25)20-10(3-22)14(26)21-11(4-23)15(27)28/h2,6,8-11,22-23,29H,1,3-5,16H2,(H,17,18)(H,19,24)(H,20,25)(H,21,26)(H,27,28). The van der Waals surface area contributed by atoms with Crippen LogP contribution in [0, 0.1) is 0 Å². The molecular weight excluding hydrogens is 408 g/mol. The van der Waals surface area contributed by atoms with Crippen LogP contribution in [-0.2, 0) is 25.6 Å². The summed E-state index contributed by atoms with van der Waals surface area (Å²) in [6.07, 6.45) is 2.78. The van der Waals surface area contributed by atoms with Gasteiger partial charge >= 0.3 is 5.97 Å². The fourth-order valence-corrected chi connectivity index (χ4v) is 2.28. The molecule has 1 aromatic rings. The highest BCUT2D eigenvalue weighted by Gasteiger charge is 2.30. The van der Waals surface area contributed by atoms with Gasteiger partial charge in [0.25, 0.3) is 0 Å². The van der Waals surface area contributed by atoms with Crippen LogP contribution < -0.4 is 21.7 Å². The lowest BCUT2D eigenvalue weighted by atomic mass is 10.1. The normalized spacial score (nSPS) is 14.9. The van der Waals surface area contributed by atoms with E-state index in [4.69, 9.17) is 15.9 Å². The molecule has 29 heavy (non-hydrogen) atoms. The number of carboxylic acid groups (broad SMARTS) is 1. The Bertz CT molecular complexity index is 701. The molecule has 1 rings (SSSR count). The van der Waals surface area contributed by atoms with Crippen molar-refractivity contribution in [3.8, 4) is 0 Å². The zero-order valence-corrected chi connectivity index (χ0v) is 16.1. The second-order valence-electron chi connectivity index (χ2n) is 5.96. The zero-order chi connectivity index (χ0) is 22.0. The van der Waals surface area contributed by atoms with Crippen molar-refractivity contribution < 1.29 is 34.5 Å². The van der Waals surface area contributed by atoms with Gasteiger partial charge in [0.2, 0.25) is 17.7 Å². The minimum Gasteiger partial charge on any atom is -0.480 e. The van der Waals surface area contributed by atoms with E-state index in [9.17, 15) is 24.3 Å². The Labute approximate surface area is 170 Å². The Hall–Kier alpha value is -2.68. The molecule has 1 heterocycles. The summed E-state index contributed by atoms with van der Waals surface area (Å²) >= 11 is 3.92. The molecule has 9 N–H and O–H groups in total. The maximum atomic E-state index is 12.6. The van der Waals surface area contributed by atoms with Crippen molar-refractivity contribution in [1.29, 1.82) is 0 Å². The maximum absolute atomic E-state index is 12.6. The molecule has 0 aliphatic heterocycles. The second kappa shape index (κ2) is 12.0. The molecule has 0 saturated heterocycles. The Kier molecular flexibility index (Phi) is 10.1. The summed E-state index contributed by atoms with van der Waals surface area (Å²) in [6, 6.07) is -5.28. The van der Waals surface area contributed by atoms with Gasteiger partial charge in [0.05, 0.1) is 25.6 Å². The van der Waals surface area contributed by atoms with Gasteiger partial charge in [-0.3, -0.25) is 14.4 Å². The Morgan fingerprint density at radius 2 is 1.59 bits per heavy atom. The number of carboxylic acids is 1. The van der Waals surface area contributed by atoms with Crippen molar-refractivity contribution in [2.45, 2.75) is 30.6 Å². The largest absolute Gasteiger partial charge is 0.480 e. The van der Waals surface area contributed by atoms with Crippen LogP contribution in [-0.4, -0.2) is 92.1 Å². The molecule has 0 aliphatic rings. The predicted molar refractivity (Wildman–Crippen MR) is 102 cm³/mol. The summed E-state index contributed by atoms with van der Waals surface area (Å²) in [5, 5.41) is 33.9. The zero-order valence-electron chi connectivity index (χ0n) is 15.2. The highest BCUT2D eigenvalue weighted by Crippen LogP contribution is 2.01. The molecule has 0 aliphatic carbocycles. The van der Waals surface area contributed by atoms with Crippen LogP contribution in [0.1, 0.15) is 5.69 Å². The number of aliphatic carboxylic acids is 1. The topological polar surface area (TPSA) is 220 Å². The molecule has 4 atom stereocenters. The van der Waals surface area contributed by atoms with Gasteiger partial charge in [0.15, 0.2) is 0 Å². The third-order valence-electron chi connectivity index (χ3n) is 3.76. The van der Waals surface area contributed by atoms with Crippen molar-refractivity contribution >= 4 is 36.3 Å². The summed E-state index contributed by atoms with van der Waals surface area (Å²) in [5.41, 5.74) is 6.09. The van der Waals surface area contributed by atoms with Crippen molar-refractivity contribution in [2.75, 3.05) is 19.0 Å². The third kappa shape index (κ3) is 7.69. The monoisotopic (exact) mass is 432 g/mol. The number of rotatable bonds is 12. The number of aliphatic hydroxyl groups is 2. The van der Waals surface area contributed by atoms with Crippen LogP contribution in [0.5, 0.6) is 0 Å². The number of carbonyl (C=O) groups is 4. The maximum Gasteiger partial charge on any atom is 0.328 e. The lowest BCUT2D eigenvalue weighted by molar-refractivity contribution is -0.143. The van der Waals surface area contributed by atoms with Crippen LogP contribution in [0.2, 0.25) is 0 Å². The van der Waals surface area contributed by atoms with Crippen LogP contribution in [0.3, 0.4) is 0 Å². The van der Waals surface area contributed by atoms with Gasteiger partial charge < -0.3 is 42.0 Å². The van der Waals surface area contributed by atoms with E-state index in [-0.39, 0.29) is 12.2 Å². The lowest BCUT2D eigenvalue weighted by Crippen LogP contribution is -2.59. The number of aromatic nitrogens is 2. The SMILES string of the molecule is NC(CS)C(=O)NC(Cc1cnc[nH]1)C(=O)NC(CO)C(=O)NC(CO)C(=O)O. The number of hydrogen-bond acceptors (Lipinski definition) is 9. The summed E-state index contributed by atoms with van der Waals surface area (Å²) in [6.45, 7) is -1.73. The van der Waals surface area contributed by atoms with Gasteiger partial charge in [-0.1, -0.05) is 0 Å². The first-order valence-electron chi connectivity index (χ1n) is 8.42. The van der Waals surface area contributed by atoms with Crippen molar-refractivity contribution in [2.24, 2.45) is 5.73 Å². The molecule has 162 valence electrons. The number of aromatic amines is 1. The summed E-state index contributed by atoms with van der Waals surface area (Å²) in [5.74, 6) is -3.97. The van der Waals surface area contributed by atoms with Crippen LogP contribution >= 0.6 is 12.6 Å². The van der Waals surface area contributed by atoms with Crippen LogP contribution in [0.15, 0.2) is 12.5 Å². The first-order valence-corrected chi connectivity index (χ1v) is 9.06. The molecule has 4 unspecified atom stereocenters. The van der Waals surface area contributed by atoms with Gasteiger partial charge in [0, 0.05) is 24.1 Å². The van der Waals surface area contributed by atoms with Gasteiger partial charge in [-0.05, 0) is 0 Å². The molecule has 0 aromatic carbocycles. The molecule has 13 nitrogen and oxygen atoms in total. The Morgan fingerprint density at radius 3 is 2.07 bits per heavy atom. The smallest absolute Gasteiger partial charge is 0.328 e. The van der Waals surface area contributed by atoms with Gasteiger partial charge in [-0.25, -0.2) is 9.78 Å². The molecule has 1 aromatic heterocycles. The number of thiol groups is 1. The number of imidazole rings is 1. The van der Waals surface area contributed by atoms with E-state index in [1.165, 1.54) is 12.5 Å². The summed E-state index contributed by atoms with van der Waals surface area (Å²) in [7, 11) is 0. The van der Waals surface area contributed by atoms with Gasteiger partial charge in [-0.15, -0.1) is 0 Å². The van der Waals surface area contributed by atoms with E-state index in [1.807, 2.05) is 5.32 Å². The van der Waals surface area contributed by atoms with E-state index in [1.54, 1.807) is 0 Å². The number of aliphatic hydroxyl groups excluding tert-OH is 2. The highest BCUT2D eigenvalue weighted by atomic mass is 32.1. The average molecular weight is 432 g/mol. The van der Waals surface area contributed by atoms with E-state index in [0.29, 0.717) is 5.69 Å². The number of nitrogens with zero attached hydrogens (tertiary/aromatic N) is 1. The fourth-order valence-electron chi connectivity index (χ4n) is 2.11. The highest BCUT2D eigenvalue weighted by molar-refractivity contribution is 7.80. The fraction of sp³-hybridized carbons (Fsp3) is 0.533. The number of nitrogens with two attached hydrogens (primary N) is 1. The van der Waals surface area contributed by atoms with Gasteiger partial charge in [-0.2, -0.15) is 12.6 Å². The van der Waals surface area contributed by atoms with Crippen LogP contribution in [0.25, 0.3) is 0 Å². The van der Waals surface area contributed by atoms with Gasteiger partial charge in [0.1, 0.15) is 18.1 Å². The molecule has 0 saturated carbocycles. The van der Waals surface area contributed by atoms with Crippen molar-refractivity contribution in [1.82, 2.24) is 25.9 Å². The number of hydrogen-bond donors (Lipinski definition) is 9. The summed E-state index contributed by atoms with van der Waals surface area (Å²) < 4.78 is 0. The minimum absolute atomic E-state index is 0.0228. The molecule has 0 radical (unpaired) electrons. The number of carbonyl (C=O) groups excluding carboxylic acids is 3. The predicted octanol–water partition coefficient (Wildman–Crippen LogP) is -4.27. The number of amides is 3. The Balaban J connectivity index is 2.88. The molecule has 0 bridgehead atoms.